The number of aliphatic hydroxyl groups is 1. The highest BCUT2D eigenvalue weighted by Gasteiger charge is 2.13. The van der Waals surface area contributed by atoms with Gasteiger partial charge in [0, 0.05) is 24.8 Å². The van der Waals surface area contributed by atoms with Crippen LogP contribution in [0, 0.1) is 0 Å². The van der Waals surface area contributed by atoms with Gasteiger partial charge in [0.15, 0.2) is 5.69 Å². The summed E-state index contributed by atoms with van der Waals surface area (Å²) in [5.41, 5.74) is 2.02. The molecule has 1 amide bonds. The lowest BCUT2D eigenvalue weighted by atomic mass is 10.1. The fourth-order valence-electron chi connectivity index (χ4n) is 1.77. The van der Waals surface area contributed by atoms with Gasteiger partial charge in [-0.3, -0.25) is 4.79 Å². The van der Waals surface area contributed by atoms with Gasteiger partial charge in [0.25, 0.3) is 5.91 Å². The largest absolute Gasteiger partial charge is 0.389 e. The molecule has 0 fully saturated rings. The molecule has 0 saturated carbocycles. The number of rotatable bonds is 3. The number of benzene rings is 1. The molecular formula is C14H16BrN3O2. The van der Waals surface area contributed by atoms with Crippen LogP contribution in [0.3, 0.4) is 0 Å². The normalized spacial score (nSPS) is 12.2. The second-order valence-electron chi connectivity index (χ2n) is 4.73. The highest BCUT2D eigenvalue weighted by molar-refractivity contribution is 9.10. The average molecular weight is 338 g/mol. The Balaban J connectivity index is 2.35. The van der Waals surface area contributed by atoms with Crippen LogP contribution in [0.5, 0.6) is 0 Å². The zero-order valence-corrected chi connectivity index (χ0v) is 13.1. The lowest BCUT2D eigenvalue weighted by Crippen LogP contribution is -2.22. The van der Waals surface area contributed by atoms with E-state index in [1.54, 1.807) is 38.0 Å². The molecule has 0 saturated heterocycles. The van der Waals surface area contributed by atoms with Crippen molar-refractivity contribution >= 4 is 21.8 Å². The molecule has 20 heavy (non-hydrogen) atoms. The standard InChI is InChI=1S/C14H16BrN3O2/c1-9(19)10-4-5-13(11(15)8-10)18-7-6-12(16-18)14(20)17(2)3/h4-9,19H,1-3H3/t9-/m0/s1. The van der Waals surface area contributed by atoms with Gasteiger partial charge in [-0.05, 0) is 46.6 Å². The van der Waals surface area contributed by atoms with Crippen LogP contribution in [0.4, 0.5) is 0 Å². The third-order valence-electron chi connectivity index (χ3n) is 2.92. The zero-order chi connectivity index (χ0) is 14.9. The van der Waals surface area contributed by atoms with E-state index in [1.807, 2.05) is 18.2 Å². The summed E-state index contributed by atoms with van der Waals surface area (Å²) in [6.45, 7) is 1.71. The molecular weight excluding hydrogens is 322 g/mol. The maximum Gasteiger partial charge on any atom is 0.273 e. The Morgan fingerprint density at radius 1 is 1.40 bits per heavy atom. The van der Waals surface area contributed by atoms with Crippen molar-refractivity contribution < 1.29 is 9.90 Å². The molecule has 1 N–H and O–H groups in total. The van der Waals surface area contributed by atoms with Crippen LogP contribution in [-0.2, 0) is 0 Å². The van der Waals surface area contributed by atoms with Crippen molar-refractivity contribution in [1.29, 1.82) is 0 Å². The lowest BCUT2D eigenvalue weighted by Gasteiger charge is -2.10. The predicted octanol–water partition coefficient (Wildman–Crippen LogP) is 2.39. The van der Waals surface area contributed by atoms with Crippen LogP contribution in [0.15, 0.2) is 34.9 Å². The molecule has 1 heterocycles. The summed E-state index contributed by atoms with van der Waals surface area (Å²) in [6.07, 6.45) is 1.21. The van der Waals surface area contributed by atoms with E-state index in [4.69, 9.17) is 0 Å². The van der Waals surface area contributed by atoms with Gasteiger partial charge in [0.05, 0.1) is 11.8 Å². The summed E-state index contributed by atoms with van der Waals surface area (Å²) in [5.74, 6) is -0.138. The van der Waals surface area contributed by atoms with E-state index in [9.17, 15) is 9.90 Å². The van der Waals surface area contributed by atoms with Crippen molar-refractivity contribution in [2.45, 2.75) is 13.0 Å². The van der Waals surface area contributed by atoms with E-state index >= 15 is 0 Å². The Kier molecular flexibility index (Phi) is 4.25. The molecule has 0 aliphatic carbocycles. The number of aliphatic hydroxyl groups excluding tert-OH is 1. The highest BCUT2D eigenvalue weighted by Crippen LogP contribution is 2.25. The van der Waals surface area contributed by atoms with Gasteiger partial charge in [-0.25, -0.2) is 4.68 Å². The van der Waals surface area contributed by atoms with Gasteiger partial charge < -0.3 is 10.0 Å². The minimum absolute atomic E-state index is 0.138. The smallest absolute Gasteiger partial charge is 0.273 e. The summed E-state index contributed by atoms with van der Waals surface area (Å²) >= 11 is 3.46. The average Bonchev–Trinajstić information content (AvgIpc) is 2.86. The first kappa shape index (κ1) is 14.7. The Morgan fingerprint density at radius 2 is 2.10 bits per heavy atom. The van der Waals surface area contributed by atoms with E-state index in [-0.39, 0.29) is 5.91 Å². The Morgan fingerprint density at radius 3 is 2.65 bits per heavy atom. The SMILES string of the molecule is C[C@H](O)c1ccc(-n2ccc(C(=O)N(C)C)n2)c(Br)c1. The topological polar surface area (TPSA) is 58.4 Å². The molecule has 2 aromatic rings. The van der Waals surface area contributed by atoms with E-state index < -0.39 is 6.10 Å². The molecule has 0 spiro atoms. The molecule has 5 nitrogen and oxygen atoms in total. The van der Waals surface area contributed by atoms with Gasteiger partial charge in [-0.15, -0.1) is 0 Å². The van der Waals surface area contributed by atoms with E-state index in [1.165, 1.54) is 4.90 Å². The van der Waals surface area contributed by atoms with Crippen molar-refractivity contribution in [3.8, 4) is 5.69 Å². The van der Waals surface area contributed by atoms with Crippen molar-refractivity contribution in [1.82, 2.24) is 14.7 Å². The third-order valence-corrected chi connectivity index (χ3v) is 3.55. The van der Waals surface area contributed by atoms with Crippen molar-refractivity contribution in [2.24, 2.45) is 0 Å². The molecule has 1 aromatic carbocycles. The molecule has 0 radical (unpaired) electrons. The zero-order valence-electron chi connectivity index (χ0n) is 11.5. The maximum absolute atomic E-state index is 11.8. The second-order valence-corrected chi connectivity index (χ2v) is 5.59. The maximum atomic E-state index is 11.8. The number of amides is 1. The molecule has 1 aromatic heterocycles. The number of hydrogen-bond donors (Lipinski definition) is 1. The van der Waals surface area contributed by atoms with Crippen LogP contribution in [0.1, 0.15) is 29.1 Å². The Bertz CT molecular complexity index is 635. The molecule has 0 aliphatic rings. The molecule has 106 valence electrons. The number of carbonyl (C=O) groups is 1. The van der Waals surface area contributed by atoms with Crippen LogP contribution in [-0.4, -0.2) is 39.8 Å². The summed E-state index contributed by atoms with van der Waals surface area (Å²) in [5, 5.41) is 13.8. The minimum atomic E-state index is -0.524. The first-order valence-electron chi connectivity index (χ1n) is 6.15. The number of hydrogen-bond acceptors (Lipinski definition) is 3. The minimum Gasteiger partial charge on any atom is -0.389 e. The lowest BCUT2D eigenvalue weighted by molar-refractivity contribution is 0.0821. The molecule has 0 unspecified atom stereocenters. The fourth-order valence-corrected chi connectivity index (χ4v) is 2.35. The second kappa shape index (κ2) is 5.76. The number of halogens is 1. The van der Waals surface area contributed by atoms with Gasteiger partial charge >= 0.3 is 0 Å². The quantitative estimate of drug-likeness (QED) is 0.935. The van der Waals surface area contributed by atoms with Crippen molar-refractivity contribution in [3.63, 3.8) is 0 Å². The van der Waals surface area contributed by atoms with Gasteiger partial charge in [0.2, 0.25) is 0 Å². The summed E-state index contributed by atoms with van der Waals surface area (Å²) in [7, 11) is 3.38. The highest BCUT2D eigenvalue weighted by atomic mass is 79.9. The molecule has 1 atom stereocenters. The molecule has 6 heteroatoms. The molecule has 0 bridgehead atoms. The summed E-state index contributed by atoms with van der Waals surface area (Å²) < 4.78 is 2.44. The number of aromatic nitrogens is 2. The first-order valence-corrected chi connectivity index (χ1v) is 6.94. The van der Waals surface area contributed by atoms with Crippen molar-refractivity contribution in [3.05, 3.63) is 46.2 Å². The molecule has 0 aliphatic heterocycles. The van der Waals surface area contributed by atoms with Gasteiger partial charge in [0.1, 0.15) is 0 Å². The summed E-state index contributed by atoms with van der Waals surface area (Å²) in [4.78, 5) is 13.3. The Hall–Kier alpha value is -1.66. The Labute approximate surface area is 126 Å². The fraction of sp³-hybridized carbons (Fsp3) is 0.286. The van der Waals surface area contributed by atoms with Gasteiger partial charge in [-0.2, -0.15) is 5.10 Å². The van der Waals surface area contributed by atoms with E-state index in [0.717, 1.165) is 15.7 Å². The van der Waals surface area contributed by atoms with E-state index in [2.05, 4.69) is 21.0 Å². The monoisotopic (exact) mass is 337 g/mol. The van der Waals surface area contributed by atoms with Gasteiger partial charge in [-0.1, -0.05) is 6.07 Å². The van der Waals surface area contributed by atoms with Crippen LogP contribution in [0.2, 0.25) is 0 Å². The van der Waals surface area contributed by atoms with Crippen LogP contribution in [0.25, 0.3) is 5.69 Å². The van der Waals surface area contributed by atoms with E-state index in [0.29, 0.717) is 5.69 Å². The number of nitrogens with zero attached hydrogens (tertiary/aromatic N) is 3. The van der Waals surface area contributed by atoms with Crippen LogP contribution < -0.4 is 0 Å². The molecule has 2 rings (SSSR count). The van der Waals surface area contributed by atoms with Crippen molar-refractivity contribution in [2.75, 3.05) is 14.1 Å². The summed E-state index contributed by atoms with van der Waals surface area (Å²) in [6, 6.07) is 7.20. The first-order chi connectivity index (χ1) is 9.40. The van der Waals surface area contributed by atoms with Crippen LogP contribution >= 0.6 is 15.9 Å². The number of carbonyl (C=O) groups excluding carboxylic acids is 1. The third kappa shape index (κ3) is 2.91. The predicted molar refractivity (Wildman–Crippen MR) is 79.9 cm³/mol.